The highest BCUT2D eigenvalue weighted by Gasteiger charge is 2.56. The van der Waals surface area contributed by atoms with Crippen LogP contribution in [0.4, 0.5) is 5.69 Å². The molecule has 1 saturated carbocycles. The van der Waals surface area contributed by atoms with Crippen LogP contribution in [0.25, 0.3) is 6.08 Å². The first-order valence-electron chi connectivity index (χ1n) is 15.3. The molecule has 228 valence electrons. The minimum Gasteiger partial charge on any atom is -0.495 e. The van der Waals surface area contributed by atoms with Crippen molar-refractivity contribution in [2.24, 2.45) is 21.4 Å². The Morgan fingerprint density at radius 1 is 0.933 bits per heavy atom. The first-order chi connectivity index (χ1) is 21.8. The van der Waals surface area contributed by atoms with Crippen LogP contribution in [0.2, 0.25) is 0 Å². The minimum absolute atomic E-state index is 0.0331. The number of nitrogens with zero attached hydrogens (tertiary/aromatic N) is 6. The van der Waals surface area contributed by atoms with Crippen molar-refractivity contribution < 1.29 is 19.1 Å². The molecule has 0 bridgehead atoms. The number of rotatable bonds is 6. The maximum Gasteiger partial charge on any atom is 0.264 e. The van der Waals surface area contributed by atoms with E-state index in [4.69, 9.17) is 9.84 Å². The van der Waals surface area contributed by atoms with Crippen LogP contribution in [0.1, 0.15) is 47.6 Å². The fourth-order valence-corrected chi connectivity index (χ4v) is 6.78. The summed E-state index contributed by atoms with van der Waals surface area (Å²) in [5.74, 6) is -0.876. The second kappa shape index (κ2) is 11.4. The normalized spacial score (nSPS) is 24.7. The lowest BCUT2D eigenvalue weighted by Crippen LogP contribution is -2.45. The van der Waals surface area contributed by atoms with Gasteiger partial charge in [0.25, 0.3) is 17.7 Å². The molecule has 1 saturated heterocycles. The lowest BCUT2D eigenvalue weighted by molar-refractivity contribution is -0.136. The highest BCUT2D eigenvalue weighted by Crippen LogP contribution is 2.45. The van der Waals surface area contributed by atoms with Gasteiger partial charge in [0, 0.05) is 5.92 Å². The Kier molecular flexibility index (Phi) is 7.27. The molecule has 10 nitrogen and oxygen atoms in total. The van der Waals surface area contributed by atoms with E-state index in [-0.39, 0.29) is 24.4 Å². The first-order valence-corrected chi connectivity index (χ1v) is 15.3. The largest absolute Gasteiger partial charge is 0.495 e. The predicted octanol–water partition coefficient (Wildman–Crippen LogP) is 5.43. The van der Waals surface area contributed by atoms with Crippen molar-refractivity contribution in [3.05, 3.63) is 101 Å². The number of fused-ring (bicyclic) bond motifs is 2. The standard InChI is InChI=1S/C35H34N6O4/c1-21-11-15-23(16-12-21)19-25-7-6-8-26-30(25)37-41(32(26)24-17-13-22(2)14-18-24)29(42)20-39-33-31(36-38-39)34(43)40(35(33)44)27-9-4-5-10-28(27)45-3/h4-5,9-19,26,31-33H,6-8,20H2,1-3H3/b25-19+/t26-,31-,32-,33+/m0/s1. The maximum atomic E-state index is 14.2. The molecular weight excluding hydrogens is 568 g/mol. The van der Waals surface area contributed by atoms with E-state index in [1.807, 2.05) is 6.92 Å². The van der Waals surface area contributed by atoms with Crippen molar-refractivity contribution >= 4 is 35.2 Å². The van der Waals surface area contributed by atoms with Crippen LogP contribution in [0, 0.1) is 19.8 Å². The van der Waals surface area contributed by atoms with Crippen LogP contribution in [0.15, 0.2) is 93.8 Å². The summed E-state index contributed by atoms with van der Waals surface area (Å²) >= 11 is 0. The van der Waals surface area contributed by atoms with E-state index in [9.17, 15) is 14.4 Å². The number of allylic oxidation sites excluding steroid dienone is 1. The molecule has 0 spiro atoms. The zero-order valence-electron chi connectivity index (χ0n) is 25.5. The predicted molar refractivity (Wildman–Crippen MR) is 169 cm³/mol. The van der Waals surface area contributed by atoms with Crippen LogP contribution in [-0.2, 0) is 14.4 Å². The molecule has 4 aliphatic rings. The molecule has 4 atom stereocenters. The number of imide groups is 1. The fourth-order valence-electron chi connectivity index (χ4n) is 6.78. The van der Waals surface area contributed by atoms with E-state index < -0.39 is 23.9 Å². The van der Waals surface area contributed by atoms with Crippen LogP contribution < -0.4 is 9.64 Å². The quantitative estimate of drug-likeness (QED) is 0.350. The van der Waals surface area contributed by atoms with Crippen molar-refractivity contribution in [2.75, 3.05) is 18.6 Å². The van der Waals surface area contributed by atoms with Gasteiger partial charge in [0.15, 0.2) is 12.1 Å². The van der Waals surface area contributed by atoms with E-state index >= 15 is 0 Å². The number of ether oxygens (including phenoxy) is 1. The number of hydrogen-bond donors (Lipinski definition) is 0. The van der Waals surface area contributed by atoms with Gasteiger partial charge in [0.2, 0.25) is 0 Å². The highest BCUT2D eigenvalue weighted by atomic mass is 16.5. The summed E-state index contributed by atoms with van der Waals surface area (Å²) in [4.78, 5) is 42.2. The van der Waals surface area contributed by atoms with E-state index in [1.165, 1.54) is 17.7 Å². The van der Waals surface area contributed by atoms with Gasteiger partial charge in [-0.3, -0.25) is 19.4 Å². The average Bonchev–Trinajstić information content (AvgIpc) is 3.72. The number of methoxy groups -OCH3 is 1. The minimum atomic E-state index is -1.03. The number of benzene rings is 3. The molecule has 3 aromatic carbocycles. The number of amides is 3. The van der Waals surface area contributed by atoms with Gasteiger partial charge in [0.1, 0.15) is 12.3 Å². The molecule has 0 unspecified atom stereocenters. The second-order valence-corrected chi connectivity index (χ2v) is 12.0. The van der Waals surface area contributed by atoms with Crippen molar-refractivity contribution in [3.63, 3.8) is 0 Å². The molecule has 3 aliphatic heterocycles. The zero-order chi connectivity index (χ0) is 31.2. The van der Waals surface area contributed by atoms with Crippen LogP contribution in [-0.4, -0.2) is 59.2 Å². The summed E-state index contributed by atoms with van der Waals surface area (Å²) < 4.78 is 5.40. The van der Waals surface area contributed by atoms with E-state index in [0.29, 0.717) is 11.4 Å². The third-order valence-electron chi connectivity index (χ3n) is 9.08. The van der Waals surface area contributed by atoms with E-state index in [2.05, 4.69) is 71.9 Å². The number of aryl methyl sites for hydroxylation is 2. The monoisotopic (exact) mass is 602 g/mol. The molecule has 3 heterocycles. The molecule has 2 fully saturated rings. The number of hydrazone groups is 1. The molecule has 3 aromatic rings. The second-order valence-electron chi connectivity index (χ2n) is 12.0. The Labute approximate surface area is 261 Å². The summed E-state index contributed by atoms with van der Waals surface area (Å²) in [5.41, 5.74) is 6.83. The van der Waals surface area contributed by atoms with Crippen molar-refractivity contribution in [2.45, 2.75) is 51.2 Å². The van der Waals surface area contributed by atoms with Gasteiger partial charge >= 0.3 is 0 Å². The Hall–Kier alpha value is -5.12. The zero-order valence-corrected chi connectivity index (χ0v) is 25.5. The summed E-state index contributed by atoms with van der Waals surface area (Å²) in [6.45, 7) is 3.86. The number of hydrogen-bond acceptors (Lipinski definition) is 8. The summed E-state index contributed by atoms with van der Waals surface area (Å²) in [5, 5.41) is 16.2. The fraction of sp³-hybridized carbons (Fsp3) is 0.314. The topological polar surface area (TPSA) is 107 Å². The molecule has 10 heteroatoms. The molecular formula is C35H34N6O4. The van der Waals surface area contributed by atoms with Gasteiger partial charge in [-0.15, -0.1) is 0 Å². The van der Waals surface area contributed by atoms with Gasteiger partial charge in [-0.2, -0.15) is 10.2 Å². The summed E-state index contributed by atoms with van der Waals surface area (Å²) in [6, 6.07) is 21.1. The number of carbonyl (C=O) groups excluding carboxylic acids is 3. The third kappa shape index (κ3) is 5.00. The average molecular weight is 603 g/mol. The number of carbonyl (C=O) groups is 3. The van der Waals surface area contributed by atoms with Crippen molar-refractivity contribution in [1.82, 2.24) is 10.0 Å². The van der Waals surface area contributed by atoms with E-state index in [1.54, 1.807) is 29.3 Å². The van der Waals surface area contributed by atoms with Crippen LogP contribution in [0.5, 0.6) is 5.75 Å². The molecule has 0 N–H and O–H groups in total. The lowest BCUT2D eigenvalue weighted by atomic mass is 9.77. The smallest absolute Gasteiger partial charge is 0.264 e. The molecule has 45 heavy (non-hydrogen) atoms. The Morgan fingerprint density at radius 2 is 1.64 bits per heavy atom. The molecule has 0 aromatic heterocycles. The SMILES string of the molecule is COc1ccccc1N1C(=O)[C@H]2N=NN(CC(=O)N3N=C4/C(=C/c5ccc(C)cc5)CCC[C@@H]4[C@@H]3c3ccc(C)cc3)[C@H]2C1=O. The van der Waals surface area contributed by atoms with Crippen molar-refractivity contribution in [3.8, 4) is 5.75 Å². The number of para-hydroxylation sites is 2. The molecule has 7 rings (SSSR count). The Balaban J connectivity index is 1.19. The highest BCUT2D eigenvalue weighted by molar-refractivity contribution is 6.26. The maximum absolute atomic E-state index is 14.2. The first kappa shape index (κ1) is 28.6. The van der Waals surface area contributed by atoms with Gasteiger partial charge in [0.05, 0.1) is 24.6 Å². The van der Waals surface area contributed by atoms with Crippen LogP contribution in [0.3, 0.4) is 0 Å². The van der Waals surface area contributed by atoms with Gasteiger partial charge in [-0.25, -0.2) is 9.91 Å². The molecule has 0 radical (unpaired) electrons. The van der Waals surface area contributed by atoms with Crippen molar-refractivity contribution in [1.29, 1.82) is 0 Å². The third-order valence-corrected chi connectivity index (χ3v) is 9.08. The summed E-state index contributed by atoms with van der Waals surface area (Å²) in [6.07, 6.45) is 4.96. The Morgan fingerprint density at radius 3 is 2.38 bits per heavy atom. The lowest BCUT2D eigenvalue weighted by Gasteiger charge is -2.30. The molecule has 3 amide bonds. The molecule has 1 aliphatic carbocycles. The summed E-state index contributed by atoms with van der Waals surface area (Å²) in [7, 11) is 1.48. The van der Waals surface area contributed by atoms with Gasteiger partial charge in [-0.1, -0.05) is 77.0 Å². The van der Waals surface area contributed by atoms with E-state index in [0.717, 1.165) is 52.1 Å². The van der Waals surface area contributed by atoms with Gasteiger partial charge in [-0.05, 0) is 68.0 Å². The van der Waals surface area contributed by atoms with Gasteiger partial charge < -0.3 is 4.74 Å². The number of anilines is 1. The van der Waals surface area contributed by atoms with Crippen LogP contribution >= 0.6 is 0 Å². The Bertz CT molecular complexity index is 1760.